The van der Waals surface area contributed by atoms with Crippen LogP contribution >= 0.6 is 0 Å². The van der Waals surface area contributed by atoms with E-state index in [0.717, 1.165) is 11.3 Å². The molecule has 1 heterocycles. The van der Waals surface area contributed by atoms with Crippen molar-refractivity contribution in [2.24, 2.45) is 5.10 Å². The number of benzene rings is 1. The number of hydrogen-bond donors (Lipinski definition) is 0. The molecule has 0 radical (unpaired) electrons. The molecular weight excluding hydrogens is 188 g/mol. The second-order valence-electron chi connectivity index (χ2n) is 3.33. The second-order valence-corrected chi connectivity index (χ2v) is 3.33. The van der Waals surface area contributed by atoms with Gasteiger partial charge in [-0.2, -0.15) is 5.10 Å². The topological polar surface area (TPSA) is 32.7 Å². The molecule has 0 unspecified atom stereocenters. The highest BCUT2D eigenvalue weighted by molar-refractivity contribution is 6.04. The Morgan fingerprint density at radius 2 is 2.00 bits per heavy atom. The zero-order valence-electron chi connectivity index (χ0n) is 8.39. The Hall–Kier alpha value is -1.90. The Morgan fingerprint density at radius 1 is 1.27 bits per heavy atom. The van der Waals surface area contributed by atoms with Crippen molar-refractivity contribution in [1.82, 2.24) is 5.01 Å². The van der Waals surface area contributed by atoms with Crippen LogP contribution in [-0.2, 0) is 4.79 Å². The summed E-state index contributed by atoms with van der Waals surface area (Å²) in [6, 6.07) is 9.88. The third-order valence-corrected chi connectivity index (χ3v) is 2.34. The predicted molar refractivity (Wildman–Crippen MR) is 59.3 cm³/mol. The monoisotopic (exact) mass is 200 g/mol. The minimum absolute atomic E-state index is 0.00433. The highest BCUT2D eigenvalue weighted by atomic mass is 16.2. The van der Waals surface area contributed by atoms with E-state index < -0.39 is 0 Å². The van der Waals surface area contributed by atoms with E-state index in [0.29, 0.717) is 12.8 Å². The maximum atomic E-state index is 11.3. The molecule has 1 aromatic rings. The number of carbonyl (C=O) groups is 1. The Morgan fingerprint density at radius 3 is 2.67 bits per heavy atom. The molecule has 1 amide bonds. The van der Waals surface area contributed by atoms with E-state index in [2.05, 4.69) is 11.7 Å². The smallest absolute Gasteiger partial charge is 0.247 e. The van der Waals surface area contributed by atoms with E-state index in [1.807, 2.05) is 30.3 Å². The molecule has 0 bridgehead atoms. The molecule has 2 rings (SSSR count). The van der Waals surface area contributed by atoms with Crippen molar-refractivity contribution >= 4 is 11.6 Å². The summed E-state index contributed by atoms with van der Waals surface area (Å²) in [5.41, 5.74) is 2.01. The van der Waals surface area contributed by atoms with E-state index in [1.54, 1.807) is 0 Å². The minimum Gasteiger partial charge on any atom is -0.273 e. The minimum atomic E-state index is 0.00433. The van der Waals surface area contributed by atoms with Crippen LogP contribution in [0.3, 0.4) is 0 Å². The van der Waals surface area contributed by atoms with Crippen LogP contribution in [0.25, 0.3) is 0 Å². The summed E-state index contributed by atoms with van der Waals surface area (Å²) in [7, 11) is 0. The van der Waals surface area contributed by atoms with Gasteiger partial charge in [-0.05, 0) is 5.56 Å². The van der Waals surface area contributed by atoms with Gasteiger partial charge < -0.3 is 0 Å². The molecule has 0 aliphatic carbocycles. The van der Waals surface area contributed by atoms with E-state index >= 15 is 0 Å². The van der Waals surface area contributed by atoms with Gasteiger partial charge in [0, 0.05) is 19.0 Å². The summed E-state index contributed by atoms with van der Waals surface area (Å²) < 4.78 is 0. The first-order valence-corrected chi connectivity index (χ1v) is 4.89. The maximum Gasteiger partial charge on any atom is 0.247 e. The molecule has 0 saturated heterocycles. The van der Waals surface area contributed by atoms with Gasteiger partial charge in [0.15, 0.2) is 0 Å². The van der Waals surface area contributed by atoms with Gasteiger partial charge in [-0.3, -0.25) is 4.79 Å². The summed E-state index contributed by atoms with van der Waals surface area (Å²) >= 11 is 0. The van der Waals surface area contributed by atoms with Crippen LogP contribution in [0.15, 0.2) is 48.2 Å². The summed E-state index contributed by atoms with van der Waals surface area (Å²) in [5, 5.41) is 5.55. The van der Waals surface area contributed by atoms with Crippen molar-refractivity contribution in [3.8, 4) is 0 Å². The lowest BCUT2D eigenvalue weighted by molar-refractivity contribution is -0.129. The Bertz CT molecular complexity index is 409. The number of carbonyl (C=O) groups excluding carboxylic acids is 1. The zero-order chi connectivity index (χ0) is 10.7. The van der Waals surface area contributed by atoms with Crippen molar-refractivity contribution in [2.45, 2.75) is 12.8 Å². The number of amides is 1. The Kier molecular flexibility index (Phi) is 2.63. The fourth-order valence-corrected chi connectivity index (χ4v) is 1.55. The number of hydrazone groups is 1. The van der Waals surface area contributed by atoms with Gasteiger partial charge in [-0.25, -0.2) is 5.01 Å². The van der Waals surface area contributed by atoms with E-state index in [1.165, 1.54) is 11.2 Å². The molecule has 0 atom stereocenters. The van der Waals surface area contributed by atoms with Crippen molar-refractivity contribution in [1.29, 1.82) is 0 Å². The molecule has 0 fully saturated rings. The molecule has 76 valence electrons. The van der Waals surface area contributed by atoms with Gasteiger partial charge in [0.05, 0.1) is 5.71 Å². The van der Waals surface area contributed by atoms with Crippen molar-refractivity contribution in [2.75, 3.05) is 0 Å². The zero-order valence-corrected chi connectivity index (χ0v) is 8.39. The lowest BCUT2D eigenvalue weighted by Gasteiger charge is -2.19. The summed E-state index contributed by atoms with van der Waals surface area (Å²) in [4.78, 5) is 11.3. The Labute approximate surface area is 88.7 Å². The van der Waals surface area contributed by atoms with Crippen LogP contribution < -0.4 is 0 Å². The number of nitrogens with zero attached hydrogens (tertiary/aromatic N) is 2. The first-order chi connectivity index (χ1) is 7.31. The van der Waals surface area contributed by atoms with Crippen LogP contribution in [0.4, 0.5) is 0 Å². The third-order valence-electron chi connectivity index (χ3n) is 2.34. The fraction of sp³-hybridized carbons (Fsp3) is 0.167. The van der Waals surface area contributed by atoms with Crippen molar-refractivity contribution in [3.05, 3.63) is 48.7 Å². The van der Waals surface area contributed by atoms with Gasteiger partial charge in [0.2, 0.25) is 5.91 Å². The maximum absolute atomic E-state index is 11.3. The van der Waals surface area contributed by atoms with E-state index in [-0.39, 0.29) is 5.91 Å². The molecule has 3 nitrogen and oxygen atoms in total. The predicted octanol–water partition coefficient (Wildman–Crippen LogP) is 2.16. The average molecular weight is 200 g/mol. The standard InChI is InChI=1S/C12H12N2O/c1-2-14-12(15)9-8-11(13-14)10-6-4-3-5-7-10/h2-7H,1,8-9H2. The molecule has 1 aliphatic heterocycles. The van der Waals surface area contributed by atoms with Gasteiger partial charge >= 0.3 is 0 Å². The average Bonchev–Trinajstić information content (AvgIpc) is 2.31. The highest BCUT2D eigenvalue weighted by Crippen LogP contribution is 2.14. The molecule has 0 spiro atoms. The summed E-state index contributed by atoms with van der Waals surface area (Å²) in [5.74, 6) is 0.00433. The van der Waals surface area contributed by atoms with E-state index in [4.69, 9.17) is 0 Å². The van der Waals surface area contributed by atoms with Crippen LogP contribution in [0, 0.1) is 0 Å². The lowest BCUT2D eigenvalue weighted by atomic mass is 10.0. The second kappa shape index (κ2) is 4.09. The fourth-order valence-electron chi connectivity index (χ4n) is 1.55. The Balaban J connectivity index is 2.31. The third kappa shape index (κ3) is 1.96. The summed E-state index contributed by atoms with van der Waals surface area (Å²) in [6.45, 7) is 3.56. The molecule has 15 heavy (non-hydrogen) atoms. The molecule has 0 N–H and O–H groups in total. The van der Waals surface area contributed by atoms with Crippen molar-refractivity contribution in [3.63, 3.8) is 0 Å². The first kappa shape index (κ1) is 9.65. The van der Waals surface area contributed by atoms with Crippen LogP contribution in [0.2, 0.25) is 0 Å². The quantitative estimate of drug-likeness (QED) is 0.720. The highest BCUT2D eigenvalue weighted by Gasteiger charge is 2.18. The largest absolute Gasteiger partial charge is 0.273 e. The molecule has 0 aromatic heterocycles. The first-order valence-electron chi connectivity index (χ1n) is 4.89. The van der Waals surface area contributed by atoms with Crippen LogP contribution in [-0.4, -0.2) is 16.6 Å². The van der Waals surface area contributed by atoms with Crippen LogP contribution in [0.1, 0.15) is 18.4 Å². The summed E-state index contributed by atoms with van der Waals surface area (Å²) in [6.07, 6.45) is 2.65. The van der Waals surface area contributed by atoms with E-state index in [9.17, 15) is 4.79 Å². The normalized spacial score (nSPS) is 16.1. The molecule has 1 aromatic carbocycles. The van der Waals surface area contributed by atoms with Gasteiger partial charge in [-0.15, -0.1) is 0 Å². The lowest BCUT2D eigenvalue weighted by Crippen LogP contribution is -2.27. The van der Waals surface area contributed by atoms with Gasteiger partial charge in [-0.1, -0.05) is 36.9 Å². The molecule has 1 aliphatic rings. The molecule has 0 saturated carbocycles. The van der Waals surface area contributed by atoms with Gasteiger partial charge in [0.1, 0.15) is 0 Å². The molecular formula is C12H12N2O. The van der Waals surface area contributed by atoms with Gasteiger partial charge in [0.25, 0.3) is 0 Å². The SMILES string of the molecule is C=CN1N=C(c2ccccc2)CCC1=O. The molecule has 3 heteroatoms. The number of hydrogen-bond acceptors (Lipinski definition) is 2. The number of rotatable bonds is 2. The van der Waals surface area contributed by atoms with Crippen molar-refractivity contribution < 1.29 is 4.79 Å². The van der Waals surface area contributed by atoms with Crippen LogP contribution in [0.5, 0.6) is 0 Å².